The van der Waals surface area contributed by atoms with E-state index in [2.05, 4.69) is 10.9 Å². The zero-order valence-electron chi connectivity index (χ0n) is 13.4. The Morgan fingerprint density at radius 2 is 1.83 bits per heavy atom. The summed E-state index contributed by atoms with van der Waals surface area (Å²) in [4.78, 5) is 36.8. The van der Waals surface area contributed by atoms with Crippen LogP contribution < -0.4 is 10.9 Å². The number of amides is 2. The summed E-state index contributed by atoms with van der Waals surface area (Å²) in [5.41, 5.74) is 5.96. The average Bonchev–Trinajstić information content (AvgIpc) is 2.99. The smallest absolute Gasteiger partial charge is 0.348 e. The number of benzene rings is 1. The highest BCUT2D eigenvalue weighted by Crippen LogP contribution is 2.22. The molecule has 1 aromatic heterocycles. The predicted octanol–water partition coefficient (Wildman–Crippen LogP) is 2.24. The van der Waals surface area contributed by atoms with Gasteiger partial charge in [-0.25, -0.2) is 4.79 Å². The molecule has 0 aliphatic rings. The third kappa shape index (κ3) is 4.66. The summed E-state index contributed by atoms with van der Waals surface area (Å²) in [7, 11) is 0. The summed E-state index contributed by atoms with van der Waals surface area (Å²) in [5.74, 6) is -1.61. The zero-order valence-corrected chi connectivity index (χ0v) is 14.2. The van der Waals surface area contributed by atoms with Crippen molar-refractivity contribution in [2.75, 3.05) is 6.61 Å². The largest absolute Gasteiger partial charge is 0.451 e. The first-order chi connectivity index (χ1) is 11.5. The van der Waals surface area contributed by atoms with E-state index in [0.29, 0.717) is 10.4 Å². The molecule has 0 saturated heterocycles. The lowest BCUT2D eigenvalue weighted by molar-refractivity contribution is -0.125. The molecule has 6 nitrogen and oxygen atoms in total. The maximum absolute atomic E-state index is 11.9. The molecule has 0 spiro atoms. The molecule has 0 fully saturated rings. The number of aryl methyl sites for hydroxylation is 2. The third-order valence-corrected chi connectivity index (χ3v) is 4.36. The van der Waals surface area contributed by atoms with E-state index in [1.54, 1.807) is 36.4 Å². The Balaban J connectivity index is 1.78. The molecule has 24 heavy (non-hydrogen) atoms. The van der Waals surface area contributed by atoms with Crippen LogP contribution in [0.15, 0.2) is 36.4 Å². The molecule has 1 heterocycles. The SMILES string of the molecule is CCc1cc(C(=O)OCC(=O)NNC(=O)c2ccccc2)sc1C. The van der Waals surface area contributed by atoms with E-state index < -0.39 is 24.4 Å². The summed E-state index contributed by atoms with van der Waals surface area (Å²) in [6.45, 7) is 3.48. The third-order valence-electron chi connectivity index (χ3n) is 3.29. The lowest BCUT2D eigenvalue weighted by atomic mass is 10.2. The van der Waals surface area contributed by atoms with Crippen molar-refractivity contribution in [2.24, 2.45) is 0 Å². The second-order valence-corrected chi connectivity index (χ2v) is 6.25. The first-order valence-corrected chi connectivity index (χ1v) is 8.23. The van der Waals surface area contributed by atoms with E-state index in [4.69, 9.17) is 4.74 Å². The number of ether oxygens (including phenoxy) is 1. The summed E-state index contributed by atoms with van der Waals surface area (Å²) in [6, 6.07) is 10.2. The fourth-order valence-corrected chi connectivity index (χ4v) is 3.01. The predicted molar refractivity (Wildman–Crippen MR) is 90.8 cm³/mol. The van der Waals surface area contributed by atoms with Crippen LogP contribution in [0.25, 0.3) is 0 Å². The summed E-state index contributed by atoms with van der Waals surface area (Å²) < 4.78 is 4.95. The van der Waals surface area contributed by atoms with Crippen molar-refractivity contribution >= 4 is 29.1 Å². The van der Waals surface area contributed by atoms with Gasteiger partial charge in [0.05, 0.1) is 0 Å². The lowest BCUT2D eigenvalue weighted by Crippen LogP contribution is -2.43. The van der Waals surface area contributed by atoms with E-state index in [1.165, 1.54) is 11.3 Å². The van der Waals surface area contributed by atoms with E-state index >= 15 is 0 Å². The number of nitrogens with one attached hydrogen (secondary N) is 2. The van der Waals surface area contributed by atoms with Gasteiger partial charge in [0.2, 0.25) is 0 Å². The number of esters is 1. The molecule has 0 aliphatic carbocycles. The molecule has 0 aliphatic heterocycles. The second-order valence-electron chi connectivity index (χ2n) is 4.99. The molecule has 2 rings (SSSR count). The average molecular weight is 346 g/mol. The van der Waals surface area contributed by atoms with Crippen molar-refractivity contribution in [3.8, 4) is 0 Å². The van der Waals surface area contributed by atoms with Crippen LogP contribution in [0.4, 0.5) is 0 Å². The van der Waals surface area contributed by atoms with E-state index in [9.17, 15) is 14.4 Å². The van der Waals surface area contributed by atoms with Crippen LogP contribution in [0.1, 0.15) is 37.4 Å². The van der Waals surface area contributed by atoms with Crippen LogP contribution in [0.5, 0.6) is 0 Å². The first-order valence-electron chi connectivity index (χ1n) is 7.42. The van der Waals surface area contributed by atoms with Crippen molar-refractivity contribution < 1.29 is 19.1 Å². The van der Waals surface area contributed by atoms with Crippen LogP contribution in [0.3, 0.4) is 0 Å². The molecule has 0 saturated carbocycles. The Morgan fingerprint density at radius 1 is 1.12 bits per heavy atom. The van der Waals surface area contributed by atoms with Gasteiger partial charge in [-0.15, -0.1) is 11.3 Å². The van der Waals surface area contributed by atoms with Crippen molar-refractivity contribution in [3.63, 3.8) is 0 Å². The van der Waals surface area contributed by atoms with Gasteiger partial charge in [0, 0.05) is 10.4 Å². The standard InChI is InChI=1S/C17H18N2O4S/c1-3-12-9-14(24-11(12)2)17(22)23-10-15(20)18-19-16(21)13-7-5-4-6-8-13/h4-9H,3,10H2,1-2H3,(H,18,20)(H,19,21). The molecule has 7 heteroatoms. The molecule has 0 atom stereocenters. The number of rotatable bonds is 5. The van der Waals surface area contributed by atoms with Gasteiger partial charge in [-0.1, -0.05) is 25.1 Å². The van der Waals surface area contributed by atoms with Gasteiger partial charge in [0.15, 0.2) is 6.61 Å². The van der Waals surface area contributed by atoms with Crippen LogP contribution >= 0.6 is 11.3 Å². The Hall–Kier alpha value is -2.67. The van der Waals surface area contributed by atoms with Crippen LogP contribution in [-0.2, 0) is 16.0 Å². The number of hydrogen-bond acceptors (Lipinski definition) is 5. The number of hydrogen-bond donors (Lipinski definition) is 2. The normalized spacial score (nSPS) is 10.1. The molecule has 2 aromatic rings. The minimum atomic E-state index is -0.614. The Bertz CT molecular complexity index is 740. The van der Waals surface area contributed by atoms with Crippen molar-refractivity contribution in [2.45, 2.75) is 20.3 Å². The molecule has 2 N–H and O–H groups in total. The fourth-order valence-electron chi connectivity index (χ4n) is 2.00. The van der Waals surface area contributed by atoms with Crippen LogP contribution in [0.2, 0.25) is 0 Å². The monoisotopic (exact) mass is 346 g/mol. The summed E-state index contributed by atoms with van der Waals surface area (Å²) >= 11 is 1.34. The molecular weight excluding hydrogens is 328 g/mol. The van der Waals surface area contributed by atoms with Crippen LogP contribution in [0, 0.1) is 6.92 Å². The maximum Gasteiger partial charge on any atom is 0.348 e. The summed E-state index contributed by atoms with van der Waals surface area (Å²) in [5, 5.41) is 0. The highest BCUT2D eigenvalue weighted by Gasteiger charge is 2.15. The number of carbonyl (C=O) groups excluding carboxylic acids is 3. The first kappa shape index (κ1) is 17.7. The Labute approximate surface area is 143 Å². The van der Waals surface area contributed by atoms with Crippen molar-refractivity contribution in [1.82, 2.24) is 10.9 Å². The second kappa shape index (κ2) is 8.26. The van der Waals surface area contributed by atoms with Gasteiger partial charge in [-0.05, 0) is 37.1 Å². The van der Waals surface area contributed by atoms with E-state index in [-0.39, 0.29) is 0 Å². The highest BCUT2D eigenvalue weighted by atomic mass is 32.1. The minimum Gasteiger partial charge on any atom is -0.451 e. The molecule has 0 unspecified atom stereocenters. The van der Waals surface area contributed by atoms with Gasteiger partial charge in [-0.2, -0.15) is 0 Å². The van der Waals surface area contributed by atoms with Crippen LogP contribution in [-0.4, -0.2) is 24.4 Å². The summed E-state index contributed by atoms with van der Waals surface area (Å²) in [6.07, 6.45) is 0.835. The molecule has 126 valence electrons. The molecule has 2 amide bonds. The number of carbonyl (C=O) groups is 3. The van der Waals surface area contributed by atoms with Gasteiger partial charge in [-0.3, -0.25) is 20.4 Å². The zero-order chi connectivity index (χ0) is 17.5. The maximum atomic E-state index is 11.9. The minimum absolute atomic E-state index is 0.413. The van der Waals surface area contributed by atoms with E-state index in [0.717, 1.165) is 16.9 Å². The topological polar surface area (TPSA) is 84.5 Å². The van der Waals surface area contributed by atoms with Gasteiger partial charge < -0.3 is 4.74 Å². The molecule has 0 radical (unpaired) electrons. The lowest BCUT2D eigenvalue weighted by Gasteiger charge is -2.07. The van der Waals surface area contributed by atoms with Crippen molar-refractivity contribution in [1.29, 1.82) is 0 Å². The molecule has 0 bridgehead atoms. The van der Waals surface area contributed by atoms with Gasteiger partial charge in [0.25, 0.3) is 11.8 Å². The van der Waals surface area contributed by atoms with E-state index in [1.807, 2.05) is 13.8 Å². The van der Waals surface area contributed by atoms with Gasteiger partial charge in [0.1, 0.15) is 4.88 Å². The Kier molecular flexibility index (Phi) is 6.08. The fraction of sp³-hybridized carbons (Fsp3) is 0.235. The van der Waals surface area contributed by atoms with Crippen molar-refractivity contribution in [3.05, 3.63) is 57.3 Å². The highest BCUT2D eigenvalue weighted by molar-refractivity contribution is 7.14. The van der Waals surface area contributed by atoms with Gasteiger partial charge >= 0.3 is 5.97 Å². The number of hydrazine groups is 1. The Morgan fingerprint density at radius 3 is 2.46 bits per heavy atom. The quantitative estimate of drug-likeness (QED) is 0.642. The molecule has 1 aromatic carbocycles. The molecular formula is C17H18N2O4S. The number of thiophene rings is 1.